The van der Waals surface area contributed by atoms with E-state index in [0.717, 1.165) is 0 Å². The molecule has 0 atom stereocenters. The molecular formula is C16H14ClFN2O2. The highest BCUT2D eigenvalue weighted by atomic mass is 35.5. The van der Waals surface area contributed by atoms with Crippen LogP contribution in [-0.4, -0.2) is 18.9 Å². The van der Waals surface area contributed by atoms with Crippen LogP contribution in [0.4, 0.5) is 10.1 Å². The van der Waals surface area contributed by atoms with Gasteiger partial charge in [-0.2, -0.15) is 0 Å². The molecule has 0 heterocycles. The van der Waals surface area contributed by atoms with E-state index in [1.165, 1.54) is 25.2 Å². The Balaban J connectivity index is 2.05. The first-order valence-corrected chi connectivity index (χ1v) is 6.94. The van der Waals surface area contributed by atoms with Crippen LogP contribution < -0.4 is 10.6 Å². The van der Waals surface area contributed by atoms with Crippen LogP contribution in [0.2, 0.25) is 5.02 Å². The number of nitrogens with one attached hydrogen (secondary N) is 2. The Labute approximate surface area is 132 Å². The number of hydrogen-bond acceptors (Lipinski definition) is 2. The summed E-state index contributed by atoms with van der Waals surface area (Å²) in [5.41, 5.74) is 1.16. The van der Waals surface area contributed by atoms with Crippen LogP contribution in [0.1, 0.15) is 15.9 Å². The van der Waals surface area contributed by atoms with Gasteiger partial charge in [-0.05, 0) is 36.4 Å². The van der Waals surface area contributed by atoms with Crippen LogP contribution in [0.5, 0.6) is 0 Å². The number of amides is 2. The molecule has 0 aromatic heterocycles. The van der Waals surface area contributed by atoms with E-state index >= 15 is 0 Å². The summed E-state index contributed by atoms with van der Waals surface area (Å²) in [5.74, 6) is -1.12. The molecule has 0 bridgehead atoms. The molecule has 2 amide bonds. The lowest BCUT2D eigenvalue weighted by molar-refractivity contribution is -0.115. The van der Waals surface area contributed by atoms with Gasteiger partial charge in [-0.1, -0.05) is 17.7 Å². The van der Waals surface area contributed by atoms with Crippen molar-refractivity contribution in [2.24, 2.45) is 0 Å². The molecule has 0 aliphatic heterocycles. The van der Waals surface area contributed by atoms with Crippen molar-refractivity contribution in [3.05, 3.63) is 64.4 Å². The Morgan fingerprint density at radius 3 is 2.41 bits per heavy atom. The molecule has 0 radical (unpaired) electrons. The van der Waals surface area contributed by atoms with Gasteiger partial charge in [-0.15, -0.1) is 0 Å². The minimum atomic E-state index is -0.516. The van der Waals surface area contributed by atoms with Crippen molar-refractivity contribution in [1.29, 1.82) is 0 Å². The van der Waals surface area contributed by atoms with Crippen molar-refractivity contribution in [1.82, 2.24) is 5.32 Å². The van der Waals surface area contributed by atoms with Gasteiger partial charge in [0.15, 0.2) is 0 Å². The molecule has 0 spiro atoms. The highest BCUT2D eigenvalue weighted by molar-refractivity contribution is 6.31. The van der Waals surface area contributed by atoms with Gasteiger partial charge in [0.2, 0.25) is 5.91 Å². The van der Waals surface area contributed by atoms with Crippen molar-refractivity contribution >= 4 is 29.1 Å². The zero-order valence-electron chi connectivity index (χ0n) is 11.8. The maximum absolute atomic E-state index is 13.6. The molecule has 2 rings (SSSR count). The Bertz CT molecular complexity index is 682. The predicted molar refractivity (Wildman–Crippen MR) is 83.6 cm³/mol. The number of rotatable bonds is 4. The van der Waals surface area contributed by atoms with E-state index in [-0.39, 0.29) is 28.8 Å². The first-order chi connectivity index (χ1) is 10.5. The lowest BCUT2D eigenvalue weighted by Gasteiger charge is -2.08. The molecule has 114 valence electrons. The van der Waals surface area contributed by atoms with Crippen molar-refractivity contribution in [2.45, 2.75) is 6.42 Å². The third-order valence-electron chi connectivity index (χ3n) is 3.06. The monoisotopic (exact) mass is 320 g/mol. The van der Waals surface area contributed by atoms with Gasteiger partial charge in [-0.25, -0.2) is 4.39 Å². The van der Waals surface area contributed by atoms with E-state index in [1.807, 2.05) is 0 Å². The molecule has 4 nitrogen and oxygen atoms in total. The van der Waals surface area contributed by atoms with Gasteiger partial charge in [0, 0.05) is 28.9 Å². The van der Waals surface area contributed by atoms with Gasteiger partial charge in [-0.3, -0.25) is 9.59 Å². The molecule has 0 saturated heterocycles. The summed E-state index contributed by atoms with van der Waals surface area (Å²) in [6.07, 6.45) is -0.164. The fraction of sp³-hybridized carbons (Fsp3) is 0.125. The second-order valence-electron chi connectivity index (χ2n) is 4.58. The Hall–Kier alpha value is -2.40. The molecular weight excluding hydrogens is 307 g/mol. The fourth-order valence-corrected chi connectivity index (χ4v) is 2.15. The SMILES string of the molecule is CNC(=O)c1ccc(NC(=O)Cc2c(F)cccc2Cl)cc1. The van der Waals surface area contributed by atoms with E-state index in [9.17, 15) is 14.0 Å². The van der Waals surface area contributed by atoms with E-state index in [0.29, 0.717) is 11.3 Å². The Morgan fingerprint density at radius 2 is 1.82 bits per heavy atom. The molecule has 2 N–H and O–H groups in total. The van der Waals surface area contributed by atoms with Crippen LogP contribution >= 0.6 is 11.6 Å². The van der Waals surface area contributed by atoms with E-state index in [1.54, 1.807) is 24.3 Å². The molecule has 2 aromatic carbocycles. The van der Waals surface area contributed by atoms with Crippen molar-refractivity contribution < 1.29 is 14.0 Å². The summed E-state index contributed by atoms with van der Waals surface area (Å²) < 4.78 is 13.6. The van der Waals surface area contributed by atoms with E-state index < -0.39 is 5.82 Å². The second-order valence-corrected chi connectivity index (χ2v) is 4.99. The highest BCUT2D eigenvalue weighted by Gasteiger charge is 2.12. The van der Waals surface area contributed by atoms with Gasteiger partial charge < -0.3 is 10.6 Å². The van der Waals surface area contributed by atoms with Crippen LogP contribution in [0, 0.1) is 5.82 Å². The Kier molecular flexibility index (Phi) is 5.12. The van der Waals surface area contributed by atoms with Crippen molar-refractivity contribution in [3.8, 4) is 0 Å². The van der Waals surface area contributed by atoms with Crippen molar-refractivity contribution in [2.75, 3.05) is 12.4 Å². The molecule has 0 saturated carbocycles. The second kappa shape index (κ2) is 7.04. The number of halogens is 2. The maximum Gasteiger partial charge on any atom is 0.251 e. The third-order valence-corrected chi connectivity index (χ3v) is 3.41. The number of carbonyl (C=O) groups is 2. The molecule has 0 aliphatic rings. The zero-order chi connectivity index (χ0) is 16.1. The summed E-state index contributed by atoms with van der Waals surface area (Å²) in [6.45, 7) is 0. The third kappa shape index (κ3) is 3.83. The quantitative estimate of drug-likeness (QED) is 0.909. The summed E-state index contributed by atoms with van der Waals surface area (Å²) >= 11 is 5.88. The normalized spacial score (nSPS) is 10.1. The number of benzene rings is 2. The average Bonchev–Trinajstić information content (AvgIpc) is 2.51. The van der Waals surface area contributed by atoms with Gasteiger partial charge in [0.25, 0.3) is 5.91 Å². The maximum atomic E-state index is 13.6. The van der Waals surface area contributed by atoms with Crippen molar-refractivity contribution in [3.63, 3.8) is 0 Å². The van der Waals surface area contributed by atoms with Crippen LogP contribution in [0.3, 0.4) is 0 Å². The van der Waals surface area contributed by atoms with Crippen LogP contribution in [0.25, 0.3) is 0 Å². The van der Waals surface area contributed by atoms with E-state index in [2.05, 4.69) is 10.6 Å². The minimum Gasteiger partial charge on any atom is -0.355 e. The molecule has 6 heteroatoms. The topological polar surface area (TPSA) is 58.2 Å². The average molecular weight is 321 g/mol. The lowest BCUT2D eigenvalue weighted by atomic mass is 10.1. The number of carbonyl (C=O) groups excluding carboxylic acids is 2. The summed E-state index contributed by atoms with van der Waals surface area (Å²) in [6, 6.07) is 10.7. The predicted octanol–water partition coefficient (Wildman–Crippen LogP) is 3.02. The molecule has 0 aliphatic carbocycles. The Morgan fingerprint density at radius 1 is 1.14 bits per heavy atom. The smallest absolute Gasteiger partial charge is 0.251 e. The molecule has 0 unspecified atom stereocenters. The standard InChI is InChI=1S/C16H14ClFN2O2/c1-19-16(22)10-5-7-11(8-6-10)20-15(21)9-12-13(17)3-2-4-14(12)18/h2-8H,9H2,1H3,(H,19,22)(H,20,21). The van der Waals surface area contributed by atoms with Gasteiger partial charge in [0.05, 0.1) is 6.42 Å². The van der Waals surface area contributed by atoms with Crippen LogP contribution in [-0.2, 0) is 11.2 Å². The number of anilines is 1. The minimum absolute atomic E-state index is 0.156. The summed E-state index contributed by atoms with van der Waals surface area (Å²) in [7, 11) is 1.54. The largest absolute Gasteiger partial charge is 0.355 e. The van der Waals surface area contributed by atoms with Gasteiger partial charge >= 0.3 is 0 Å². The highest BCUT2D eigenvalue weighted by Crippen LogP contribution is 2.20. The lowest BCUT2D eigenvalue weighted by Crippen LogP contribution is -2.18. The first kappa shape index (κ1) is 16.0. The first-order valence-electron chi connectivity index (χ1n) is 6.56. The molecule has 2 aromatic rings. The van der Waals surface area contributed by atoms with E-state index in [4.69, 9.17) is 11.6 Å². The van der Waals surface area contributed by atoms with Gasteiger partial charge in [0.1, 0.15) is 5.82 Å². The zero-order valence-corrected chi connectivity index (χ0v) is 12.6. The molecule has 22 heavy (non-hydrogen) atoms. The molecule has 0 fully saturated rings. The van der Waals surface area contributed by atoms with Crippen LogP contribution in [0.15, 0.2) is 42.5 Å². The fourth-order valence-electron chi connectivity index (χ4n) is 1.92. The summed E-state index contributed by atoms with van der Waals surface area (Å²) in [4.78, 5) is 23.4. The number of hydrogen-bond donors (Lipinski definition) is 2. The summed E-state index contributed by atoms with van der Waals surface area (Å²) in [5, 5.41) is 5.35.